The maximum atomic E-state index is 10.5. The van der Waals surface area contributed by atoms with Crippen LogP contribution in [0.15, 0.2) is 12.4 Å². The van der Waals surface area contributed by atoms with Gasteiger partial charge in [-0.1, -0.05) is 6.92 Å². The van der Waals surface area contributed by atoms with Crippen molar-refractivity contribution in [2.75, 3.05) is 25.1 Å². The number of piperidine rings is 1. The second-order valence-corrected chi connectivity index (χ2v) is 4.42. The molecule has 0 amide bonds. The summed E-state index contributed by atoms with van der Waals surface area (Å²) in [5.74, 6) is 1.23. The van der Waals surface area contributed by atoms with Crippen molar-refractivity contribution in [3.05, 3.63) is 18.0 Å². The van der Waals surface area contributed by atoms with Gasteiger partial charge in [-0.05, 0) is 12.3 Å². The molecule has 0 bridgehead atoms. The molecule has 1 aliphatic rings. The van der Waals surface area contributed by atoms with Crippen molar-refractivity contribution in [3.8, 4) is 0 Å². The SMILES string of the molecule is COC1CN(c2ncc(C=O)cn2)CCC1C. The van der Waals surface area contributed by atoms with Crippen molar-refractivity contribution < 1.29 is 9.53 Å². The lowest BCUT2D eigenvalue weighted by atomic mass is 9.96. The van der Waals surface area contributed by atoms with Gasteiger partial charge in [0.15, 0.2) is 6.29 Å². The standard InChI is InChI=1S/C12H17N3O2/c1-9-3-4-15(7-11(9)17-2)12-13-5-10(8-16)6-14-12/h5-6,8-9,11H,3-4,7H2,1-2H3. The average Bonchev–Trinajstić information content (AvgIpc) is 2.39. The first-order valence-electron chi connectivity index (χ1n) is 5.79. The number of hydrogen-bond donors (Lipinski definition) is 0. The molecular formula is C12H17N3O2. The number of anilines is 1. The lowest BCUT2D eigenvalue weighted by molar-refractivity contribution is 0.0494. The van der Waals surface area contributed by atoms with Gasteiger partial charge in [0, 0.05) is 32.6 Å². The molecule has 17 heavy (non-hydrogen) atoms. The van der Waals surface area contributed by atoms with Crippen LogP contribution in [0.1, 0.15) is 23.7 Å². The third-order valence-electron chi connectivity index (χ3n) is 3.27. The van der Waals surface area contributed by atoms with Crippen molar-refractivity contribution in [2.45, 2.75) is 19.4 Å². The number of ether oxygens (including phenoxy) is 1. The summed E-state index contributed by atoms with van der Waals surface area (Å²) >= 11 is 0. The molecule has 2 rings (SSSR count). The highest BCUT2D eigenvalue weighted by atomic mass is 16.5. The van der Waals surface area contributed by atoms with Crippen LogP contribution >= 0.6 is 0 Å². The lowest BCUT2D eigenvalue weighted by Crippen LogP contribution is -2.44. The van der Waals surface area contributed by atoms with Crippen LogP contribution in [-0.4, -0.2) is 42.6 Å². The minimum absolute atomic E-state index is 0.220. The monoisotopic (exact) mass is 235 g/mol. The Balaban J connectivity index is 2.08. The number of aromatic nitrogens is 2. The van der Waals surface area contributed by atoms with E-state index in [2.05, 4.69) is 21.8 Å². The molecule has 1 aliphatic heterocycles. The summed E-state index contributed by atoms with van der Waals surface area (Å²) in [6, 6.07) is 0. The molecule has 5 heteroatoms. The van der Waals surface area contributed by atoms with Crippen LogP contribution in [0.3, 0.4) is 0 Å². The summed E-state index contributed by atoms with van der Waals surface area (Å²) < 4.78 is 5.45. The molecule has 1 aromatic rings. The predicted octanol–water partition coefficient (Wildman–Crippen LogP) is 1.15. The van der Waals surface area contributed by atoms with Crippen LogP contribution in [0.25, 0.3) is 0 Å². The summed E-state index contributed by atoms with van der Waals surface area (Å²) in [4.78, 5) is 21.0. The fourth-order valence-electron chi connectivity index (χ4n) is 2.08. The molecule has 2 heterocycles. The fraction of sp³-hybridized carbons (Fsp3) is 0.583. The van der Waals surface area contributed by atoms with Gasteiger partial charge in [-0.3, -0.25) is 4.79 Å². The van der Waals surface area contributed by atoms with Gasteiger partial charge in [0.25, 0.3) is 0 Å². The molecule has 92 valence electrons. The van der Waals surface area contributed by atoms with Gasteiger partial charge in [-0.15, -0.1) is 0 Å². The van der Waals surface area contributed by atoms with Crippen LogP contribution in [0.4, 0.5) is 5.95 Å². The van der Waals surface area contributed by atoms with Gasteiger partial charge in [0.05, 0.1) is 11.7 Å². The molecular weight excluding hydrogens is 218 g/mol. The Bertz CT molecular complexity index is 380. The first-order valence-corrected chi connectivity index (χ1v) is 5.79. The number of aldehydes is 1. The number of hydrogen-bond acceptors (Lipinski definition) is 5. The Hall–Kier alpha value is -1.49. The Labute approximate surface area is 101 Å². The smallest absolute Gasteiger partial charge is 0.225 e. The quantitative estimate of drug-likeness (QED) is 0.736. The highest BCUT2D eigenvalue weighted by Crippen LogP contribution is 2.22. The topological polar surface area (TPSA) is 55.3 Å². The Morgan fingerprint density at radius 1 is 1.47 bits per heavy atom. The lowest BCUT2D eigenvalue weighted by Gasteiger charge is -2.36. The molecule has 0 saturated carbocycles. The van der Waals surface area contributed by atoms with E-state index in [0.29, 0.717) is 17.4 Å². The van der Waals surface area contributed by atoms with E-state index in [0.717, 1.165) is 25.8 Å². The summed E-state index contributed by atoms with van der Waals surface area (Å²) in [6.45, 7) is 3.93. The van der Waals surface area contributed by atoms with Gasteiger partial charge < -0.3 is 9.64 Å². The van der Waals surface area contributed by atoms with E-state index in [1.54, 1.807) is 19.5 Å². The van der Waals surface area contributed by atoms with Gasteiger partial charge in [-0.25, -0.2) is 9.97 Å². The molecule has 0 aromatic carbocycles. The summed E-state index contributed by atoms with van der Waals surface area (Å²) in [7, 11) is 1.74. The summed E-state index contributed by atoms with van der Waals surface area (Å²) in [6.07, 6.45) is 5.14. The second kappa shape index (κ2) is 5.23. The third-order valence-corrected chi connectivity index (χ3v) is 3.27. The molecule has 2 atom stereocenters. The number of methoxy groups -OCH3 is 1. The van der Waals surface area contributed by atoms with Crippen molar-refractivity contribution in [3.63, 3.8) is 0 Å². The van der Waals surface area contributed by atoms with Gasteiger partial charge in [0.1, 0.15) is 0 Å². The first-order chi connectivity index (χ1) is 8.24. The Morgan fingerprint density at radius 3 is 2.76 bits per heavy atom. The minimum Gasteiger partial charge on any atom is -0.379 e. The predicted molar refractivity (Wildman–Crippen MR) is 64.2 cm³/mol. The Morgan fingerprint density at radius 2 is 2.18 bits per heavy atom. The van der Waals surface area contributed by atoms with E-state index < -0.39 is 0 Å². The molecule has 1 fully saturated rings. The number of nitrogens with zero attached hydrogens (tertiary/aromatic N) is 3. The van der Waals surface area contributed by atoms with Crippen molar-refractivity contribution >= 4 is 12.2 Å². The van der Waals surface area contributed by atoms with E-state index >= 15 is 0 Å². The maximum Gasteiger partial charge on any atom is 0.225 e. The van der Waals surface area contributed by atoms with Gasteiger partial charge in [0.2, 0.25) is 5.95 Å². The third kappa shape index (κ3) is 2.61. The first kappa shape index (κ1) is 12.0. The van der Waals surface area contributed by atoms with Crippen LogP contribution in [0, 0.1) is 5.92 Å². The normalized spacial score (nSPS) is 24.7. The molecule has 0 spiro atoms. The highest BCUT2D eigenvalue weighted by molar-refractivity contribution is 5.73. The molecule has 1 saturated heterocycles. The van der Waals surface area contributed by atoms with Crippen LogP contribution in [-0.2, 0) is 4.74 Å². The second-order valence-electron chi connectivity index (χ2n) is 4.42. The van der Waals surface area contributed by atoms with Crippen molar-refractivity contribution in [1.82, 2.24) is 9.97 Å². The average molecular weight is 235 g/mol. The summed E-state index contributed by atoms with van der Waals surface area (Å²) in [5.41, 5.74) is 0.502. The van der Waals surface area contributed by atoms with Crippen molar-refractivity contribution in [1.29, 1.82) is 0 Å². The molecule has 0 aliphatic carbocycles. The molecule has 5 nitrogen and oxygen atoms in total. The van der Waals surface area contributed by atoms with Crippen molar-refractivity contribution in [2.24, 2.45) is 5.92 Å². The van der Waals surface area contributed by atoms with E-state index in [1.807, 2.05) is 0 Å². The highest BCUT2D eigenvalue weighted by Gasteiger charge is 2.27. The van der Waals surface area contributed by atoms with Crippen LogP contribution in [0.2, 0.25) is 0 Å². The number of rotatable bonds is 3. The number of carbonyl (C=O) groups excluding carboxylic acids is 1. The minimum atomic E-state index is 0.220. The maximum absolute atomic E-state index is 10.5. The van der Waals surface area contributed by atoms with Gasteiger partial charge in [-0.2, -0.15) is 0 Å². The Kier molecular flexibility index (Phi) is 3.68. The molecule has 0 N–H and O–H groups in total. The zero-order valence-corrected chi connectivity index (χ0v) is 10.2. The van der Waals surface area contributed by atoms with E-state index in [4.69, 9.17) is 4.74 Å². The zero-order chi connectivity index (χ0) is 12.3. The largest absolute Gasteiger partial charge is 0.379 e. The summed E-state index contributed by atoms with van der Waals surface area (Å²) in [5, 5.41) is 0. The molecule has 0 radical (unpaired) electrons. The van der Waals surface area contributed by atoms with Gasteiger partial charge >= 0.3 is 0 Å². The molecule has 1 aromatic heterocycles. The van der Waals surface area contributed by atoms with E-state index in [9.17, 15) is 4.79 Å². The van der Waals surface area contributed by atoms with E-state index in [1.165, 1.54) is 0 Å². The number of carbonyl (C=O) groups is 1. The fourth-order valence-corrected chi connectivity index (χ4v) is 2.08. The van der Waals surface area contributed by atoms with Crippen LogP contribution < -0.4 is 4.90 Å². The molecule has 2 unspecified atom stereocenters. The zero-order valence-electron chi connectivity index (χ0n) is 10.2. The van der Waals surface area contributed by atoms with E-state index in [-0.39, 0.29) is 6.10 Å². The van der Waals surface area contributed by atoms with Crippen LogP contribution in [0.5, 0.6) is 0 Å².